The molecule has 0 aliphatic heterocycles. The number of para-hydroxylation sites is 1. The number of urea groups is 1. The first-order chi connectivity index (χ1) is 9.60. The zero-order valence-corrected chi connectivity index (χ0v) is 12.2. The van der Waals surface area contributed by atoms with E-state index in [1.165, 1.54) is 23.9 Å². The predicted molar refractivity (Wildman–Crippen MR) is 82.3 cm³/mol. The molecule has 0 saturated carbocycles. The second-order valence-corrected chi connectivity index (χ2v) is 5.19. The SMILES string of the molecule is CSc1ccccc1NC(=O)Nc1ccc(Cl)cc1F. The highest BCUT2D eigenvalue weighted by Gasteiger charge is 2.09. The van der Waals surface area contributed by atoms with Gasteiger partial charge in [0.2, 0.25) is 0 Å². The lowest BCUT2D eigenvalue weighted by Crippen LogP contribution is -2.20. The van der Waals surface area contributed by atoms with E-state index in [0.717, 1.165) is 11.0 Å². The summed E-state index contributed by atoms with van der Waals surface area (Å²) >= 11 is 7.17. The van der Waals surface area contributed by atoms with Gasteiger partial charge in [0, 0.05) is 9.92 Å². The van der Waals surface area contributed by atoms with Crippen molar-refractivity contribution >= 4 is 40.8 Å². The molecule has 0 atom stereocenters. The largest absolute Gasteiger partial charge is 0.323 e. The molecule has 0 saturated heterocycles. The molecule has 3 nitrogen and oxygen atoms in total. The Hall–Kier alpha value is -1.72. The lowest BCUT2D eigenvalue weighted by molar-refractivity contribution is 0.262. The number of benzene rings is 2. The van der Waals surface area contributed by atoms with Gasteiger partial charge in [-0.2, -0.15) is 0 Å². The molecule has 0 unspecified atom stereocenters. The second kappa shape index (κ2) is 6.63. The molecule has 2 aromatic carbocycles. The Morgan fingerprint density at radius 3 is 2.55 bits per heavy atom. The van der Waals surface area contributed by atoms with Crippen molar-refractivity contribution in [2.45, 2.75) is 4.90 Å². The molecule has 2 amide bonds. The van der Waals surface area contributed by atoms with E-state index in [1.807, 2.05) is 24.5 Å². The van der Waals surface area contributed by atoms with E-state index >= 15 is 0 Å². The van der Waals surface area contributed by atoms with Gasteiger partial charge in [-0.15, -0.1) is 11.8 Å². The standard InChI is InChI=1S/C14H12ClFN2OS/c1-20-13-5-3-2-4-12(13)18-14(19)17-11-7-6-9(15)8-10(11)16/h2-8H,1H3,(H2,17,18,19). The summed E-state index contributed by atoms with van der Waals surface area (Å²) in [6.45, 7) is 0. The van der Waals surface area contributed by atoms with Crippen molar-refractivity contribution in [3.8, 4) is 0 Å². The lowest BCUT2D eigenvalue weighted by atomic mass is 10.3. The fourth-order valence-electron chi connectivity index (χ4n) is 1.61. The molecule has 0 fully saturated rings. The van der Waals surface area contributed by atoms with Crippen molar-refractivity contribution in [1.29, 1.82) is 0 Å². The van der Waals surface area contributed by atoms with Crippen LogP contribution >= 0.6 is 23.4 Å². The third-order valence-electron chi connectivity index (χ3n) is 2.53. The van der Waals surface area contributed by atoms with Crippen LogP contribution in [0.4, 0.5) is 20.6 Å². The van der Waals surface area contributed by atoms with E-state index in [9.17, 15) is 9.18 Å². The first-order valence-corrected chi connectivity index (χ1v) is 7.36. The maximum absolute atomic E-state index is 13.6. The molecule has 6 heteroatoms. The molecule has 2 aromatic rings. The molecule has 2 rings (SSSR count). The van der Waals surface area contributed by atoms with E-state index in [1.54, 1.807) is 6.07 Å². The normalized spacial score (nSPS) is 10.2. The summed E-state index contributed by atoms with van der Waals surface area (Å²) in [7, 11) is 0. The van der Waals surface area contributed by atoms with Gasteiger partial charge in [-0.05, 0) is 36.6 Å². The van der Waals surface area contributed by atoms with Crippen molar-refractivity contribution in [2.75, 3.05) is 16.9 Å². The summed E-state index contributed by atoms with van der Waals surface area (Å²) in [6.07, 6.45) is 1.91. The molecule has 0 heterocycles. The second-order valence-electron chi connectivity index (χ2n) is 3.90. The molecular formula is C14H12ClFN2OS. The topological polar surface area (TPSA) is 41.1 Å². The average Bonchev–Trinajstić information content (AvgIpc) is 2.42. The van der Waals surface area contributed by atoms with Crippen LogP contribution in [0.1, 0.15) is 0 Å². The van der Waals surface area contributed by atoms with E-state index < -0.39 is 11.8 Å². The summed E-state index contributed by atoms with van der Waals surface area (Å²) in [4.78, 5) is 12.8. The minimum Gasteiger partial charge on any atom is -0.307 e. The molecule has 2 N–H and O–H groups in total. The summed E-state index contributed by atoms with van der Waals surface area (Å²) in [5.41, 5.74) is 0.750. The first-order valence-electron chi connectivity index (χ1n) is 5.76. The number of nitrogens with one attached hydrogen (secondary N) is 2. The Morgan fingerprint density at radius 2 is 1.85 bits per heavy atom. The Balaban J connectivity index is 2.09. The van der Waals surface area contributed by atoms with Gasteiger partial charge in [0.15, 0.2) is 0 Å². The number of thioether (sulfide) groups is 1. The number of carbonyl (C=O) groups excluding carboxylic acids is 1. The van der Waals surface area contributed by atoms with Crippen molar-refractivity contribution in [2.24, 2.45) is 0 Å². The number of amides is 2. The molecule has 104 valence electrons. The van der Waals surface area contributed by atoms with Gasteiger partial charge >= 0.3 is 6.03 Å². The fraction of sp³-hybridized carbons (Fsp3) is 0.0714. The van der Waals surface area contributed by atoms with Gasteiger partial charge in [-0.25, -0.2) is 9.18 Å². The number of hydrogen-bond acceptors (Lipinski definition) is 2. The molecular weight excluding hydrogens is 299 g/mol. The highest BCUT2D eigenvalue weighted by molar-refractivity contribution is 7.98. The average molecular weight is 311 g/mol. The first kappa shape index (κ1) is 14.7. The van der Waals surface area contributed by atoms with Gasteiger partial charge in [0.05, 0.1) is 11.4 Å². The zero-order chi connectivity index (χ0) is 14.5. The van der Waals surface area contributed by atoms with Gasteiger partial charge < -0.3 is 10.6 Å². The Labute approximate surface area is 125 Å². The number of rotatable bonds is 3. The van der Waals surface area contributed by atoms with Crippen LogP contribution in [-0.4, -0.2) is 12.3 Å². The van der Waals surface area contributed by atoms with Gasteiger partial charge in [0.25, 0.3) is 0 Å². The number of anilines is 2. The highest BCUT2D eigenvalue weighted by Crippen LogP contribution is 2.25. The van der Waals surface area contributed by atoms with Crippen molar-refractivity contribution in [1.82, 2.24) is 0 Å². The molecule has 0 aliphatic carbocycles. The van der Waals surface area contributed by atoms with Crippen LogP contribution in [0.2, 0.25) is 5.02 Å². The van der Waals surface area contributed by atoms with E-state index in [0.29, 0.717) is 5.69 Å². The molecule has 0 spiro atoms. The van der Waals surface area contributed by atoms with Crippen LogP contribution in [0.5, 0.6) is 0 Å². The van der Waals surface area contributed by atoms with Crippen LogP contribution in [-0.2, 0) is 0 Å². The van der Waals surface area contributed by atoms with E-state index in [-0.39, 0.29) is 10.7 Å². The van der Waals surface area contributed by atoms with Crippen LogP contribution in [0.15, 0.2) is 47.4 Å². The summed E-state index contributed by atoms with van der Waals surface area (Å²) in [5.74, 6) is -0.578. The van der Waals surface area contributed by atoms with Crippen LogP contribution in [0, 0.1) is 5.82 Å². The van der Waals surface area contributed by atoms with Gasteiger partial charge in [-0.1, -0.05) is 23.7 Å². The summed E-state index contributed by atoms with van der Waals surface area (Å²) in [6, 6.07) is 10.9. The third-order valence-corrected chi connectivity index (χ3v) is 3.57. The zero-order valence-electron chi connectivity index (χ0n) is 10.6. The lowest BCUT2D eigenvalue weighted by Gasteiger charge is -2.11. The monoisotopic (exact) mass is 310 g/mol. The Morgan fingerprint density at radius 1 is 1.15 bits per heavy atom. The van der Waals surface area contributed by atoms with Crippen molar-refractivity contribution in [3.05, 3.63) is 53.3 Å². The van der Waals surface area contributed by atoms with Crippen LogP contribution in [0.3, 0.4) is 0 Å². The maximum atomic E-state index is 13.6. The Bertz CT molecular complexity index is 636. The third kappa shape index (κ3) is 3.65. The Kier molecular flexibility index (Phi) is 4.87. The minimum atomic E-state index is -0.578. The number of halogens is 2. The van der Waals surface area contributed by atoms with E-state index in [2.05, 4.69) is 10.6 Å². The molecule has 0 aromatic heterocycles. The van der Waals surface area contributed by atoms with Gasteiger partial charge in [-0.3, -0.25) is 0 Å². The van der Waals surface area contributed by atoms with Crippen LogP contribution < -0.4 is 10.6 Å². The summed E-state index contributed by atoms with van der Waals surface area (Å²) in [5, 5.41) is 5.40. The molecule has 0 radical (unpaired) electrons. The van der Waals surface area contributed by atoms with Crippen molar-refractivity contribution < 1.29 is 9.18 Å². The maximum Gasteiger partial charge on any atom is 0.323 e. The number of hydrogen-bond donors (Lipinski definition) is 2. The quantitative estimate of drug-likeness (QED) is 0.796. The molecule has 0 aliphatic rings. The minimum absolute atomic E-state index is 0.0773. The number of carbonyl (C=O) groups is 1. The molecule has 0 bridgehead atoms. The van der Waals surface area contributed by atoms with E-state index in [4.69, 9.17) is 11.6 Å². The fourth-order valence-corrected chi connectivity index (χ4v) is 2.33. The smallest absolute Gasteiger partial charge is 0.307 e. The predicted octanol–water partition coefficient (Wildman–Crippen LogP) is 4.85. The van der Waals surface area contributed by atoms with Crippen molar-refractivity contribution in [3.63, 3.8) is 0 Å². The molecule has 20 heavy (non-hydrogen) atoms. The highest BCUT2D eigenvalue weighted by atomic mass is 35.5. The van der Waals surface area contributed by atoms with Gasteiger partial charge in [0.1, 0.15) is 5.82 Å². The van der Waals surface area contributed by atoms with Crippen LogP contribution in [0.25, 0.3) is 0 Å². The summed E-state index contributed by atoms with van der Waals surface area (Å²) < 4.78 is 13.6.